The fraction of sp³-hybridized carbons (Fsp3) is 0.188. The molecule has 1 aliphatic rings. The molecule has 1 atom stereocenters. The maximum absolute atomic E-state index is 13.0. The molecule has 1 fully saturated rings. The fourth-order valence-corrected chi connectivity index (χ4v) is 3.60. The summed E-state index contributed by atoms with van der Waals surface area (Å²) in [7, 11) is 0. The number of thioether (sulfide) groups is 1. The number of hydrogen-bond acceptors (Lipinski definition) is 2. The van der Waals surface area contributed by atoms with Crippen LogP contribution in [0.5, 0.6) is 0 Å². The molecule has 0 spiro atoms. The molecule has 0 bridgehead atoms. The number of benzene rings is 2. The molecule has 1 aliphatic heterocycles. The van der Waals surface area contributed by atoms with Crippen molar-refractivity contribution >= 4 is 17.7 Å². The number of carbonyl (C=O) groups excluding carboxylic acids is 1. The van der Waals surface area contributed by atoms with E-state index in [4.69, 9.17) is 0 Å². The first-order chi connectivity index (χ1) is 10.1. The van der Waals surface area contributed by atoms with E-state index in [1.54, 1.807) is 28.8 Å². The summed E-state index contributed by atoms with van der Waals surface area (Å²) in [4.78, 5) is 14.3. The highest BCUT2D eigenvalue weighted by Crippen LogP contribution is 2.38. The van der Waals surface area contributed by atoms with Crippen LogP contribution in [0.1, 0.15) is 21.3 Å². The van der Waals surface area contributed by atoms with E-state index in [0.29, 0.717) is 12.1 Å². The van der Waals surface area contributed by atoms with E-state index in [1.807, 2.05) is 0 Å². The summed E-state index contributed by atoms with van der Waals surface area (Å²) in [5, 5.41) is -0.122. The predicted octanol–water partition coefficient (Wildman–Crippen LogP) is 3.85. The molecular weight excluding hydrogens is 292 g/mol. The molecule has 0 saturated carbocycles. The third kappa shape index (κ3) is 2.93. The van der Waals surface area contributed by atoms with Crippen molar-refractivity contribution in [3.8, 4) is 0 Å². The van der Waals surface area contributed by atoms with Gasteiger partial charge in [0.2, 0.25) is 0 Å². The highest BCUT2D eigenvalue weighted by Gasteiger charge is 2.31. The Labute approximate surface area is 125 Å². The molecule has 0 aliphatic carbocycles. The van der Waals surface area contributed by atoms with E-state index >= 15 is 0 Å². The van der Waals surface area contributed by atoms with Crippen molar-refractivity contribution in [3.05, 3.63) is 71.3 Å². The Bertz CT molecular complexity index is 642. The third-order valence-corrected chi connectivity index (χ3v) is 4.66. The van der Waals surface area contributed by atoms with Crippen LogP contribution in [0.2, 0.25) is 0 Å². The van der Waals surface area contributed by atoms with Crippen molar-refractivity contribution in [2.45, 2.75) is 5.37 Å². The van der Waals surface area contributed by atoms with Crippen LogP contribution in [0.15, 0.2) is 48.5 Å². The summed E-state index contributed by atoms with van der Waals surface area (Å²) < 4.78 is 26.0. The maximum atomic E-state index is 13.0. The number of hydrogen-bond donors (Lipinski definition) is 0. The van der Waals surface area contributed by atoms with Gasteiger partial charge in [-0.15, -0.1) is 11.8 Å². The van der Waals surface area contributed by atoms with Crippen LogP contribution in [-0.4, -0.2) is 23.1 Å². The lowest BCUT2D eigenvalue weighted by molar-refractivity contribution is 0.0760. The lowest BCUT2D eigenvalue weighted by Gasteiger charge is -2.24. The van der Waals surface area contributed by atoms with E-state index in [-0.39, 0.29) is 22.9 Å². The molecule has 2 nitrogen and oxygen atoms in total. The standard InChI is InChI=1S/C16H13F2NOS/c17-13-5-1-11(2-6-13)15(20)19-9-10-21-16(19)12-3-7-14(18)8-4-12/h1-8,16H,9-10H2/t16-/m0/s1. The molecule has 0 N–H and O–H groups in total. The van der Waals surface area contributed by atoms with Gasteiger partial charge in [0, 0.05) is 17.9 Å². The van der Waals surface area contributed by atoms with Crippen LogP contribution in [0.4, 0.5) is 8.78 Å². The van der Waals surface area contributed by atoms with Gasteiger partial charge >= 0.3 is 0 Å². The summed E-state index contributed by atoms with van der Waals surface area (Å²) in [6.45, 7) is 0.628. The quantitative estimate of drug-likeness (QED) is 0.840. The molecule has 2 aromatic rings. The minimum atomic E-state index is -0.363. The van der Waals surface area contributed by atoms with Crippen molar-refractivity contribution in [1.82, 2.24) is 4.90 Å². The SMILES string of the molecule is O=C(c1ccc(F)cc1)N1CCS[C@H]1c1ccc(F)cc1. The van der Waals surface area contributed by atoms with Crippen molar-refractivity contribution in [2.24, 2.45) is 0 Å². The monoisotopic (exact) mass is 305 g/mol. The second-order valence-electron chi connectivity index (χ2n) is 4.78. The number of nitrogens with zero attached hydrogens (tertiary/aromatic N) is 1. The van der Waals surface area contributed by atoms with Gasteiger partial charge in [0.1, 0.15) is 17.0 Å². The fourth-order valence-electron chi connectivity index (χ4n) is 2.34. The number of rotatable bonds is 2. The first kappa shape index (κ1) is 14.1. The topological polar surface area (TPSA) is 20.3 Å². The molecule has 21 heavy (non-hydrogen) atoms. The second kappa shape index (κ2) is 5.85. The third-order valence-electron chi connectivity index (χ3n) is 3.40. The Balaban J connectivity index is 1.85. The van der Waals surface area contributed by atoms with Gasteiger partial charge in [-0.3, -0.25) is 4.79 Å². The molecule has 2 aromatic carbocycles. The summed E-state index contributed by atoms with van der Waals surface area (Å²) in [6.07, 6.45) is 0. The smallest absolute Gasteiger partial charge is 0.255 e. The Hall–Kier alpha value is -1.88. The van der Waals surface area contributed by atoms with Crippen LogP contribution in [-0.2, 0) is 0 Å². The second-order valence-corrected chi connectivity index (χ2v) is 5.97. The molecule has 0 unspecified atom stereocenters. The molecule has 5 heteroatoms. The molecule has 0 aromatic heterocycles. The molecule has 1 heterocycles. The first-order valence-electron chi connectivity index (χ1n) is 6.59. The van der Waals surface area contributed by atoms with Gasteiger partial charge in [0.05, 0.1) is 0 Å². The van der Waals surface area contributed by atoms with E-state index in [2.05, 4.69) is 0 Å². The van der Waals surface area contributed by atoms with Gasteiger partial charge in [-0.1, -0.05) is 12.1 Å². The van der Waals surface area contributed by atoms with Crippen molar-refractivity contribution in [1.29, 1.82) is 0 Å². The average molecular weight is 305 g/mol. The van der Waals surface area contributed by atoms with Gasteiger partial charge in [-0.25, -0.2) is 8.78 Å². The van der Waals surface area contributed by atoms with Crippen LogP contribution >= 0.6 is 11.8 Å². The summed E-state index contributed by atoms with van der Waals surface area (Å²) in [6, 6.07) is 11.7. The predicted molar refractivity (Wildman–Crippen MR) is 79.0 cm³/mol. The van der Waals surface area contributed by atoms with Gasteiger partial charge in [-0.05, 0) is 42.0 Å². The number of halogens is 2. The zero-order valence-electron chi connectivity index (χ0n) is 11.1. The lowest BCUT2D eigenvalue weighted by Crippen LogP contribution is -2.30. The van der Waals surface area contributed by atoms with Gasteiger partial charge in [0.15, 0.2) is 0 Å². The van der Waals surface area contributed by atoms with Crippen molar-refractivity contribution in [2.75, 3.05) is 12.3 Å². The largest absolute Gasteiger partial charge is 0.322 e. The van der Waals surface area contributed by atoms with E-state index in [0.717, 1.165) is 11.3 Å². The van der Waals surface area contributed by atoms with Crippen LogP contribution in [0.25, 0.3) is 0 Å². The normalized spacial score (nSPS) is 18.0. The number of amides is 1. The average Bonchev–Trinajstić information content (AvgIpc) is 2.97. The Morgan fingerprint density at radius 1 is 1.00 bits per heavy atom. The van der Waals surface area contributed by atoms with Crippen molar-refractivity contribution in [3.63, 3.8) is 0 Å². The highest BCUT2D eigenvalue weighted by molar-refractivity contribution is 7.99. The van der Waals surface area contributed by atoms with E-state index in [1.165, 1.54) is 36.4 Å². The first-order valence-corrected chi connectivity index (χ1v) is 7.63. The molecule has 0 radical (unpaired) electrons. The Kier molecular flexibility index (Phi) is 3.92. The summed E-state index contributed by atoms with van der Waals surface area (Å²) >= 11 is 1.64. The zero-order chi connectivity index (χ0) is 14.8. The zero-order valence-corrected chi connectivity index (χ0v) is 11.9. The molecule has 108 valence electrons. The van der Waals surface area contributed by atoms with Crippen LogP contribution < -0.4 is 0 Å². The Morgan fingerprint density at radius 3 is 2.19 bits per heavy atom. The van der Waals surface area contributed by atoms with Crippen LogP contribution in [0.3, 0.4) is 0 Å². The van der Waals surface area contributed by atoms with Gasteiger partial charge < -0.3 is 4.90 Å². The highest BCUT2D eigenvalue weighted by atomic mass is 32.2. The Morgan fingerprint density at radius 2 is 1.57 bits per heavy atom. The summed E-state index contributed by atoms with van der Waals surface area (Å²) in [5.41, 5.74) is 1.36. The molecular formula is C16H13F2NOS. The minimum Gasteiger partial charge on any atom is -0.322 e. The van der Waals surface area contributed by atoms with E-state index < -0.39 is 0 Å². The van der Waals surface area contributed by atoms with Gasteiger partial charge in [-0.2, -0.15) is 0 Å². The lowest BCUT2D eigenvalue weighted by atomic mass is 10.1. The number of carbonyl (C=O) groups is 1. The maximum Gasteiger partial charge on any atom is 0.255 e. The van der Waals surface area contributed by atoms with Crippen molar-refractivity contribution < 1.29 is 13.6 Å². The minimum absolute atomic E-state index is 0.122. The van der Waals surface area contributed by atoms with E-state index in [9.17, 15) is 13.6 Å². The molecule has 3 rings (SSSR count). The molecule has 1 saturated heterocycles. The van der Waals surface area contributed by atoms with Crippen LogP contribution in [0, 0.1) is 11.6 Å². The molecule has 1 amide bonds. The summed E-state index contributed by atoms with van der Waals surface area (Å²) in [5.74, 6) is 0.0412. The van der Waals surface area contributed by atoms with Gasteiger partial charge in [0.25, 0.3) is 5.91 Å².